The second-order valence-corrected chi connectivity index (χ2v) is 9.74. The Hall–Kier alpha value is 0.220. The molecule has 0 amide bonds. The van der Waals surface area contributed by atoms with E-state index in [4.69, 9.17) is 0 Å². The van der Waals surface area contributed by atoms with Gasteiger partial charge < -0.3 is 0 Å². The Morgan fingerprint density at radius 2 is 1.93 bits per heavy atom. The minimum atomic E-state index is -1.22. The Labute approximate surface area is 95.5 Å². The lowest BCUT2D eigenvalue weighted by atomic mass is 10.0. The zero-order valence-corrected chi connectivity index (χ0v) is 12.1. The summed E-state index contributed by atoms with van der Waals surface area (Å²) in [5, 5.41) is 3.82. The van der Waals surface area contributed by atoms with E-state index in [1.807, 2.05) is 0 Å². The number of hydrogen-bond acceptors (Lipinski definition) is 2. The molecule has 0 spiro atoms. The molecule has 1 saturated heterocycles. The van der Waals surface area contributed by atoms with Crippen LogP contribution in [0, 0.1) is 5.41 Å². The normalized spacial score (nSPS) is 29.5. The van der Waals surface area contributed by atoms with Crippen LogP contribution in [0.2, 0.25) is 0 Å². The summed E-state index contributed by atoms with van der Waals surface area (Å²) in [7, 11) is 1.06. The molecular weight excluding hydrogens is 203 g/mol. The first-order valence-corrected chi connectivity index (χ1v) is 7.88. The van der Waals surface area contributed by atoms with Crippen LogP contribution in [-0.2, 0) is 0 Å². The molecule has 1 atom stereocenters. The van der Waals surface area contributed by atoms with Gasteiger partial charge in [0.25, 0.3) is 0 Å². The van der Waals surface area contributed by atoms with Gasteiger partial charge in [0.1, 0.15) is 0 Å². The number of nitrogens with zero attached hydrogens (tertiary/aromatic N) is 1. The molecule has 0 aromatic heterocycles. The van der Waals surface area contributed by atoms with Crippen LogP contribution in [0.15, 0.2) is 0 Å². The van der Waals surface area contributed by atoms with Crippen LogP contribution >= 0.6 is 7.19 Å². The Kier molecular flexibility index (Phi) is 4.08. The van der Waals surface area contributed by atoms with Crippen LogP contribution in [0.1, 0.15) is 41.0 Å². The lowest BCUT2D eigenvalue weighted by molar-refractivity contribution is 0.476. The van der Waals surface area contributed by atoms with Gasteiger partial charge in [0.2, 0.25) is 0 Å². The van der Waals surface area contributed by atoms with Crippen molar-refractivity contribution in [3.8, 4) is 0 Å². The van der Waals surface area contributed by atoms with E-state index in [9.17, 15) is 0 Å². The van der Waals surface area contributed by atoms with Crippen molar-refractivity contribution in [2.24, 2.45) is 5.41 Å². The van der Waals surface area contributed by atoms with Gasteiger partial charge in [-0.25, -0.2) is 0 Å². The maximum Gasteiger partial charge on any atom is 0.0117 e. The molecule has 1 fully saturated rings. The van der Waals surface area contributed by atoms with Gasteiger partial charge in [0, 0.05) is 20.3 Å². The molecular formula is C12H27N2P. The number of hydrogen-bond donors (Lipinski definition) is 1. The number of rotatable bonds is 1. The van der Waals surface area contributed by atoms with Gasteiger partial charge in [-0.05, 0) is 24.5 Å². The summed E-state index contributed by atoms with van der Waals surface area (Å²) in [6.45, 7) is 14.0. The van der Waals surface area contributed by atoms with Crippen molar-refractivity contribution >= 4 is 13.0 Å². The van der Waals surface area contributed by atoms with E-state index in [0.29, 0.717) is 11.1 Å². The molecule has 0 aromatic rings. The first-order chi connectivity index (χ1) is 6.78. The van der Waals surface area contributed by atoms with Gasteiger partial charge in [0.15, 0.2) is 0 Å². The third kappa shape index (κ3) is 3.09. The van der Waals surface area contributed by atoms with Gasteiger partial charge >= 0.3 is 0 Å². The summed E-state index contributed by atoms with van der Waals surface area (Å²) < 4.78 is 2.58. The van der Waals surface area contributed by atoms with E-state index in [-0.39, 0.29) is 0 Å². The van der Waals surface area contributed by atoms with Crippen molar-refractivity contribution in [1.29, 1.82) is 0 Å². The van der Waals surface area contributed by atoms with Gasteiger partial charge in [-0.15, -0.1) is 0 Å². The number of nitrogens with one attached hydrogen (secondary N) is 1. The van der Waals surface area contributed by atoms with Crippen LogP contribution in [0.3, 0.4) is 0 Å². The lowest BCUT2D eigenvalue weighted by Crippen LogP contribution is -2.39. The van der Waals surface area contributed by atoms with E-state index in [0.717, 1.165) is 0 Å². The molecule has 2 nitrogen and oxygen atoms in total. The van der Waals surface area contributed by atoms with Crippen LogP contribution in [0.25, 0.3) is 0 Å². The lowest BCUT2D eigenvalue weighted by Gasteiger charge is -2.45. The Balaban J connectivity index is 3.12. The Bertz CT molecular complexity index is 263. The Morgan fingerprint density at radius 3 is 2.33 bits per heavy atom. The summed E-state index contributed by atoms with van der Waals surface area (Å²) in [6, 6.07) is 0. The fourth-order valence-electron chi connectivity index (χ4n) is 2.31. The summed E-state index contributed by atoms with van der Waals surface area (Å²) in [5.41, 5.74) is 1.01. The minimum Gasteiger partial charge on any atom is -0.285 e. The zero-order chi connectivity index (χ0) is 11.7. The monoisotopic (exact) mass is 230 g/mol. The van der Waals surface area contributed by atoms with E-state index in [1.165, 1.54) is 19.5 Å². The molecule has 1 heterocycles. The first kappa shape index (κ1) is 13.3. The van der Waals surface area contributed by atoms with Crippen LogP contribution in [-0.4, -0.2) is 36.3 Å². The molecule has 1 rings (SSSR count). The molecule has 1 unspecified atom stereocenters. The minimum absolute atomic E-state index is 0.302. The molecule has 0 saturated carbocycles. The van der Waals surface area contributed by atoms with Crippen LogP contribution in [0.5, 0.6) is 0 Å². The highest BCUT2D eigenvalue weighted by Crippen LogP contribution is 2.53. The van der Waals surface area contributed by atoms with E-state index < -0.39 is 7.19 Å². The van der Waals surface area contributed by atoms with Gasteiger partial charge in [0.05, 0.1) is 0 Å². The smallest absolute Gasteiger partial charge is 0.0117 e. The maximum atomic E-state index is 3.82. The van der Waals surface area contributed by atoms with Crippen molar-refractivity contribution in [3.63, 3.8) is 0 Å². The van der Waals surface area contributed by atoms with E-state index in [2.05, 4.69) is 57.2 Å². The fourth-order valence-corrected chi connectivity index (χ4v) is 6.46. The van der Waals surface area contributed by atoms with Gasteiger partial charge in [-0.3, -0.25) is 9.76 Å². The highest BCUT2D eigenvalue weighted by molar-refractivity contribution is 7.71. The zero-order valence-electron chi connectivity index (χ0n) is 11.2. The second-order valence-electron chi connectivity index (χ2n) is 5.97. The molecule has 0 radical (unpaired) electrons. The summed E-state index contributed by atoms with van der Waals surface area (Å²) in [5.74, 6) is 2.59. The summed E-state index contributed by atoms with van der Waals surface area (Å²) >= 11 is 0. The third-order valence-electron chi connectivity index (χ3n) is 2.96. The topological polar surface area (TPSA) is 15.3 Å². The molecule has 1 aliphatic rings. The van der Waals surface area contributed by atoms with Crippen molar-refractivity contribution in [2.75, 3.05) is 20.1 Å². The first-order valence-electron chi connectivity index (χ1n) is 6.00. The van der Waals surface area contributed by atoms with E-state index in [1.54, 1.807) is 0 Å². The maximum absolute atomic E-state index is 3.82. The summed E-state index contributed by atoms with van der Waals surface area (Å²) in [6.07, 6.45) is 1.28. The molecule has 0 aromatic carbocycles. The predicted octanol–water partition coefficient (Wildman–Crippen LogP) is 3.02. The van der Waals surface area contributed by atoms with Crippen molar-refractivity contribution in [1.82, 2.24) is 9.76 Å². The standard InChI is InChI=1S/C12H27N2P/c1-11(2)15(10-12(3,4)5)13-8-7-9-14(15)6/h10-11,13H,7-9H2,1-6H3. The molecule has 0 aliphatic carbocycles. The Morgan fingerprint density at radius 1 is 1.33 bits per heavy atom. The molecule has 0 bridgehead atoms. The van der Waals surface area contributed by atoms with Crippen molar-refractivity contribution in [2.45, 2.75) is 46.7 Å². The van der Waals surface area contributed by atoms with E-state index >= 15 is 0 Å². The second kappa shape index (κ2) is 4.61. The SMILES string of the molecule is CC(C)P1(=CC(C)(C)C)NCCCN1C. The predicted molar refractivity (Wildman–Crippen MR) is 72.8 cm³/mol. The van der Waals surface area contributed by atoms with Crippen molar-refractivity contribution in [3.05, 3.63) is 0 Å². The van der Waals surface area contributed by atoms with Crippen molar-refractivity contribution < 1.29 is 0 Å². The van der Waals surface area contributed by atoms with Gasteiger partial charge in [-0.2, -0.15) is 0 Å². The average Bonchev–Trinajstić information content (AvgIpc) is 2.06. The fraction of sp³-hybridized carbons (Fsp3) is 0.917. The average molecular weight is 230 g/mol. The third-order valence-corrected chi connectivity index (χ3v) is 7.76. The van der Waals surface area contributed by atoms with Gasteiger partial charge in [-0.1, -0.05) is 40.4 Å². The highest BCUT2D eigenvalue weighted by atomic mass is 31.2. The summed E-state index contributed by atoms with van der Waals surface area (Å²) in [4.78, 5) is 0. The molecule has 1 N–H and O–H groups in total. The molecule has 90 valence electrons. The molecule has 3 heteroatoms. The van der Waals surface area contributed by atoms with Crippen LogP contribution < -0.4 is 5.09 Å². The molecule has 1 aliphatic heterocycles. The molecule has 15 heavy (non-hydrogen) atoms. The highest BCUT2D eigenvalue weighted by Gasteiger charge is 2.30. The van der Waals surface area contributed by atoms with Crippen LogP contribution in [0.4, 0.5) is 0 Å². The quantitative estimate of drug-likeness (QED) is 0.697. The largest absolute Gasteiger partial charge is 0.285 e.